The second-order valence-corrected chi connectivity index (χ2v) is 7.90. The van der Waals surface area contributed by atoms with E-state index in [0.29, 0.717) is 12.1 Å². The number of hydrogen-bond acceptors (Lipinski definition) is 2. The summed E-state index contributed by atoms with van der Waals surface area (Å²) in [6.45, 7) is 0.427. The first-order valence-corrected chi connectivity index (χ1v) is 10.4. The molecule has 0 aliphatic heterocycles. The van der Waals surface area contributed by atoms with E-state index in [1.165, 1.54) is 6.07 Å². The number of carbonyl (C=O) groups is 1. The highest BCUT2D eigenvalue weighted by Gasteiger charge is 2.19. The average Bonchev–Trinajstić information content (AvgIpc) is 3.20. The molecular weight excluding hydrogens is 389 g/mol. The van der Waals surface area contributed by atoms with Gasteiger partial charge in [-0.05, 0) is 41.0 Å². The number of nitrogens with zero attached hydrogens (tertiary/aromatic N) is 1. The van der Waals surface area contributed by atoms with Gasteiger partial charge >= 0.3 is 0 Å². The highest BCUT2D eigenvalue weighted by atomic mass is 19.1. The molecule has 1 aromatic heterocycles. The smallest absolute Gasteiger partial charge is 0.224 e. The number of hydrogen-bond donors (Lipinski definition) is 2. The number of nitrogens with one attached hydrogen (secondary N) is 2. The van der Waals surface area contributed by atoms with Crippen LogP contribution in [0.15, 0.2) is 79.0 Å². The quantitative estimate of drug-likeness (QED) is 0.453. The minimum Gasteiger partial charge on any atom is -0.378 e. The van der Waals surface area contributed by atoms with E-state index in [9.17, 15) is 9.18 Å². The maximum absolute atomic E-state index is 13.9. The zero-order chi connectivity index (χ0) is 21.8. The number of aromatic amines is 1. The van der Waals surface area contributed by atoms with Crippen molar-refractivity contribution in [3.05, 3.63) is 102 Å². The van der Waals surface area contributed by atoms with Gasteiger partial charge in [0.2, 0.25) is 5.91 Å². The number of H-pyrrole nitrogens is 1. The van der Waals surface area contributed by atoms with Gasteiger partial charge in [-0.2, -0.15) is 0 Å². The van der Waals surface area contributed by atoms with Crippen LogP contribution in [0.3, 0.4) is 0 Å². The fourth-order valence-corrected chi connectivity index (χ4v) is 3.89. The molecule has 0 saturated heterocycles. The Morgan fingerprint density at radius 1 is 1.00 bits per heavy atom. The van der Waals surface area contributed by atoms with Crippen LogP contribution in [0, 0.1) is 5.82 Å². The molecule has 4 rings (SSSR count). The van der Waals surface area contributed by atoms with Crippen molar-refractivity contribution in [3.63, 3.8) is 0 Å². The second kappa shape index (κ2) is 9.04. The predicted molar refractivity (Wildman–Crippen MR) is 124 cm³/mol. The van der Waals surface area contributed by atoms with Crippen molar-refractivity contribution in [3.8, 4) is 0 Å². The first kappa shape index (κ1) is 20.7. The van der Waals surface area contributed by atoms with E-state index < -0.39 is 0 Å². The average molecular weight is 416 g/mol. The van der Waals surface area contributed by atoms with Crippen LogP contribution in [0.5, 0.6) is 0 Å². The number of para-hydroxylation sites is 1. The molecule has 158 valence electrons. The Morgan fingerprint density at radius 2 is 1.71 bits per heavy atom. The van der Waals surface area contributed by atoms with Crippen molar-refractivity contribution in [2.24, 2.45) is 0 Å². The van der Waals surface area contributed by atoms with Crippen molar-refractivity contribution >= 4 is 22.5 Å². The van der Waals surface area contributed by atoms with E-state index in [0.717, 1.165) is 27.7 Å². The first-order chi connectivity index (χ1) is 15.0. The first-order valence-electron chi connectivity index (χ1n) is 10.4. The van der Waals surface area contributed by atoms with Gasteiger partial charge in [0.1, 0.15) is 5.82 Å². The monoisotopic (exact) mass is 415 g/mol. The molecule has 31 heavy (non-hydrogen) atoms. The number of halogens is 1. The van der Waals surface area contributed by atoms with Crippen LogP contribution in [0.2, 0.25) is 0 Å². The Bertz CT molecular complexity index is 1180. The van der Waals surface area contributed by atoms with Crippen molar-refractivity contribution in [1.29, 1.82) is 0 Å². The molecule has 1 heterocycles. The summed E-state index contributed by atoms with van der Waals surface area (Å²) in [4.78, 5) is 18.0. The van der Waals surface area contributed by atoms with Crippen molar-refractivity contribution in [2.75, 3.05) is 25.5 Å². The Labute approximate surface area is 181 Å². The molecule has 3 aromatic carbocycles. The Kier molecular flexibility index (Phi) is 6.03. The topological polar surface area (TPSA) is 48.1 Å². The zero-order valence-electron chi connectivity index (χ0n) is 17.7. The maximum Gasteiger partial charge on any atom is 0.224 e. The van der Waals surface area contributed by atoms with Crippen molar-refractivity contribution < 1.29 is 9.18 Å². The molecule has 0 saturated carbocycles. The van der Waals surface area contributed by atoms with Gasteiger partial charge in [0.25, 0.3) is 0 Å². The SMILES string of the molecule is CN(C)c1ccc(C(CNC(=O)Cc2ccccc2F)c2c[nH]c3ccccc23)cc1. The van der Waals surface area contributed by atoms with Gasteiger partial charge in [-0.25, -0.2) is 4.39 Å². The molecule has 0 aliphatic rings. The summed E-state index contributed by atoms with van der Waals surface area (Å²) in [5.74, 6) is -0.582. The number of fused-ring (bicyclic) bond motifs is 1. The van der Waals surface area contributed by atoms with E-state index in [-0.39, 0.29) is 24.1 Å². The van der Waals surface area contributed by atoms with Crippen LogP contribution in [0.4, 0.5) is 10.1 Å². The summed E-state index contributed by atoms with van der Waals surface area (Å²) in [5.41, 5.74) is 4.81. The molecule has 0 bridgehead atoms. The van der Waals surface area contributed by atoms with Gasteiger partial charge in [0.05, 0.1) is 6.42 Å². The Morgan fingerprint density at radius 3 is 2.45 bits per heavy atom. The molecule has 0 spiro atoms. The number of rotatable bonds is 7. The maximum atomic E-state index is 13.9. The summed E-state index contributed by atoms with van der Waals surface area (Å²) in [6, 6.07) is 22.9. The van der Waals surface area contributed by atoms with Crippen LogP contribution in [-0.2, 0) is 11.2 Å². The van der Waals surface area contributed by atoms with Crippen LogP contribution in [-0.4, -0.2) is 31.5 Å². The normalized spacial score (nSPS) is 12.0. The molecule has 4 aromatic rings. The van der Waals surface area contributed by atoms with E-state index in [2.05, 4.69) is 45.5 Å². The van der Waals surface area contributed by atoms with Gasteiger partial charge in [-0.15, -0.1) is 0 Å². The second-order valence-electron chi connectivity index (χ2n) is 7.90. The number of amides is 1. The minimum atomic E-state index is -0.356. The fraction of sp³-hybridized carbons (Fsp3) is 0.192. The van der Waals surface area contributed by atoms with Crippen LogP contribution in [0.25, 0.3) is 10.9 Å². The lowest BCUT2D eigenvalue weighted by molar-refractivity contribution is -0.120. The molecule has 0 fully saturated rings. The van der Waals surface area contributed by atoms with Crippen molar-refractivity contribution in [1.82, 2.24) is 10.3 Å². The molecule has 0 radical (unpaired) electrons. The molecule has 0 aliphatic carbocycles. The van der Waals surface area contributed by atoms with E-state index in [1.807, 2.05) is 38.5 Å². The molecule has 1 atom stereocenters. The number of benzene rings is 3. The third-order valence-corrected chi connectivity index (χ3v) is 5.62. The predicted octanol–water partition coefficient (Wildman–Crippen LogP) is 4.86. The molecule has 4 nitrogen and oxygen atoms in total. The van der Waals surface area contributed by atoms with Crippen molar-refractivity contribution in [2.45, 2.75) is 12.3 Å². The van der Waals surface area contributed by atoms with E-state index in [4.69, 9.17) is 0 Å². The summed E-state index contributed by atoms with van der Waals surface area (Å²) >= 11 is 0. The highest BCUT2D eigenvalue weighted by molar-refractivity contribution is 5.84. The fourth-order valence-electron chi connectivity index (χ4n) is 3.89. The number of carbonyl (C=O) groups excluding carboxylic acids is 1. The number of aromatic nitrogens is 1. The summed E-state index contributed by atoms with van der Waals surface area (Å²) in [5, 5.41) is 4.15. The third-order valence-electron chi connectivity index (χ3n) is 5.62. The molecule has 1 amide bonds. The molecule has 1 unspecified atom stereocenters. The van der Waals surface area contributed by atoms with Gasteiger partial charge in [0, 0.05) is 49.3 Å². The lowest BCUT2D eigenvalue weighted by atomic mass is 9.90. The van der Waals surface area contributed by atoms with E-state index >= 15 is 0 Å². The lowest BCUT2D eigenvalue weighted by Gasteiger charge is -2.20. The minimum absolute atomic E-state index is 0.0207. The van der Waals surface area contributed by atoms with Gasteiger partial charge in [-0.1, -0.05) is 48.5 Å². The van der Waals surface area contributed by atoms with Gasteiger partial charge in [0.15, 0.2) is 0 Å². The molecule has 2 N–H and O–H groups in total. The summed E-state index contributed by atoms with van der Waals surface area (Å²) in [7, 11) is 4.02. The largest absolute Gasteiger partial charge is 0.378 e. The zero-order valence-corrected chi connectivity index (χ0v) is 17.7. The number of anilines is 1. The highest BCUT2D eigenvalue weighted by Crippen LogP contribution is 2.31. The molecule has 5 heteroatoms. The van der Waals surface area contributed by atoms with Crippen LogP contribution >= 0.6 is 0 Å². The standard InChI is InChI=1S/C26H26FN3O/c1-30(2)20-13-11-18(12-14-20)22(23-17-28-25-10-6-4-8-21(23)25)16-29-26(31)15-19-7-3-5-9-24(19)27/h3-14,17,22,28H,15-16H2,1-2H3,(H,29,31). The molecular formula is C26H26FN3O. The third kappa shape index (κ3) is 4.61. The van der Waals surface area contributed by atoms with E-state index in [1.54, 1.807) is 18.2 Å². The summed E-state index contributed by atoms with van der Waals surface area (Å²) in [6.07, 6.45) is 2.03. The lowest BCUT2D eigenvalue weighted by Crippen LogP contribution is -2.30. The van der Waals surface area contributed by atoms with Crippen LogP contribution in [0.1, 0.15) is 22.6 Å². The van der Waals surface area contributed by atoms with Gasteiger partial charge in [-0.3, -0.25) is 4.79 Å². The summed E-state index contributed by atoms with van der Waals surface area (Å²) < 4.78 is 13.9. The Balaban J connectivity index is 1.59. The van der Waals surface area contributed by atoms with Gasteiger partial charge < -0.3 is 15.2 Å². The Hall–Kier alpha value is -3.60. The van der Waals surface area contributed by atoms with Crippen LogP contribution < -0.4 is 10.2 Å².